The van der Waals surface area contributed by atoms with E-state index >= 15 is 0 Å². The third kappa shape index (κ3) is 4.69. The van der Waals surface area contributed by atoms with Gasteiger partial charge < -0.3 is 16.0 Å². The highest BCUT2D eigenvalue weighted by molar-refractivity contribution is 7.86. The van der Waals surface area contributed by atoms with Gasteiger partial charge in [-0.1, -0.05) is 0 Å². The van der Waals surface area contributed by atoms with Crippen LogP contribution in [0.25, 0.3) is 5.69 Å². The molecule has 3 N–H and O–H groups in total. The van der Waals surface area contributed by atoms with Crippen molar-refractivity contribution in [2.45, 2.75) is 58.0 Å². The van der Waals surface area contributed by atoms with Gasteiger partial charge in [-0.05, 0) is 64.2 Å². The average Bonchev–Trinajstić information content (AvgIpc) is 3.43. The van der Waals surface area contributed by atoms with E-state index in [9.17, 15) is 18.0 Å². The Kier molecular flexibility index (Phi) is 6.56. The summed E-state index contributed by atoms with van der Waals surface area (Å²) < 4.78 is 29.5. The molecule has 206 valence electrons. The molecule has 12 heteroatoms. The Bertz CT molecular complexity index is 1390. The molecule has 0 radical (unpaired) electrons. The number of primary amides is 1. The second-order valence-corrected chi connectivity index (χ2v) is 13.7. The molecule has 1 aromatic carbocycles. The normalized spacial score (nSPS) is 21.7. The van der Waals surface area contributed by atoms with E-state index < -0.39 is 16.1 Å². The molecule has 0 unspecified atom stereocenters. The molecule has 38 heavy (non-hydrogen) atoms. The number of aryl methyl sites for hydroxylation is 1. The van der Waals surface area contributed by atoms with Gasteiger partial charge in [0.25, 0.3) is 22.0 Å². The minimum Gasteiger partial charge on any atom is -0.380 e. The van der Waals surface area contributed by atoms with Crippen molar-refractivity contribution in [2.75, 3.05) is 39.0 Å². The largest absolute Gasteiger partial charge is 0.380 e. The number of benzene rings is 1. The smallest absolute Gasteiger partial charge is 0.281 e. The maximum absolute atomic E-state index is 13.6. The highest BCUT2D eigenvalue weighted by Gasteiger charge is 2.43. The molecule has 0 spiro atoms. The summed E-state index contributed by atoms with van der Waals surface area (Å²) in [6, 6.07) is 5.05. The highest BCUT2D eigenvalue weighted by Crippen LogP contribution is 2.38. The summed E-state index contributed by atoms with van der Waals surface area (Å²) in [4.78, 5) is 27.9. The highest BCUT2D eigenvalue weighted by atomic mass is 32.2. The van der Waals surface area contributed by atoms with Crippen LogP contribution in [0.2, 0.25) is 0 Å². The second kappa shape index (κ2) is 9.35. The van der Waals surface area contributed by atoms with Crippen LogP contribution in [0.5, 0.6) is 0 Å². The van der Waals surface area contributed by atoms with Gasteiger partial charge in [0, 0.05) is 57.4 Å². The monoisotopic (exact) mass is 543 g/mol. The number of amides is 2. The molecule has 2 aliphatic heterocycles. The fraction of sp³-hybridized carbons (Fsp3) is 0.577. The zero-order chi connectivity index (χ0) is 27.6. The molecule has 5 rings (SSSR count). The van der Waals surface area contributed by atoms with Gasteiger partial charge in [-0.2, -0.15) is 22.1 Å². The summed E-state index contributed by atoms with van der Waals surface area (Å²) in [6.07, 6.45) is 3.59. The Labute approximate surface area is 224 Å². The second-order valence-electron chi connectivity index (χ2n) is 11.5. The minimum absolute atomic E-state index is 0.0205. The van der Waals surface area contributed by atoms with Gasteiger partial charge in [0.15, 0.2) is 0 Å². The number of rotatable bonds is 8. The first-order valence-electron chi connectivity index (χ1n) is 13.1. The van der Waals surface area contributed by atoms with E-state index in [4.69, 9.17) is 10.8 Å². The topological polar surface area (TPSA) is 134 Å². The Morgan fingerprint density at radius 2 is 1.95 bits per heavy atom. The summed E-state index contributed by atoms with van der Waals surface area (Å²) in [5, 5.41) is 8.10. The Morgan fingerprint density at radius 3 is 2.58 bits per heavy atom. The van der Waals surface area contributed by atoms with Crippen LogP contribution in [0.15, 0.2) is 18.2 Å². The minimum atomic E-state index is -3.53. The molecular formula is C26H37N7O4S. The number of carbonyl (C=O) groups excluding carboxylic acids is 2. The number of nitrogens with two attached hydrogens (primary N) is 1. The third-order valence-electron chi connectivity index (χ3n) is 7.90. The van der Waals surface area contributed by atoms with Gasteiger partial charge in [-0.15, -0.1) is 0 Å². The van der Waals surface area contributed by atoms with Crippen molar-refractivity contribution in [2.24, 2.45) is 11.7 Å². The predicted molar refractivity (Wildman–Crippen MR) is 145 cm³/mol. The van der Waals surface area contributed by atoms with E-state index in [2.05, 4.69) is 19.2 Å². The number of hydrogen-bond donors (Lipinski definition) is 2. The molecule has 2 amide bonds. The average molecular weight is 544 g/mol. The van der Waals surface area contributed by atoms with Crippen molar-refractivity contribution in [1.82, 2.24) is 23.3 Å². The van der Waals surface area contributed by atoms with Crippen molar-refractivity contribution in [1.29, 1.82) is 0 Å². The number of nitrogens with one attached hydrogen (secondary N) is 1. The van der Waals surface area contributed by atoms with Crippen LogP contribution in [-0.2, 0) is 16.6 Å². The van der Waals surface area contributed by atoms with Crippen LogP contribution < -0.4 is 11.1 Å². The van der Waals surface area contributed by atoms with Crippen molar-refractivity contribution in [3.05, 3.63) is 40.7 Å². The maximum atomic E-state index is 13.6. The fourth-order valence-electron chi connectivity index (χ4n) is 5.54. The molecule has 1 aromatic heterocycles. The third-order valence-corrected chi connectivity index (χ3v) is 9.80. The quantitative estimate of drug-likeness (QED) is 0.521. The molecule has 1 aliphatic carbocycles. The molecule has 1 saturated carbocycles. The van der Waals surface area contributed by atoms with E-state index in [1.54, 1.807) is 16.8 Å². The lowest BCUT2D eigenvalue weighted by atomic mass is 9.87. The first kappa shape index (κ1) is 26.6. The summed E-state index contributed by atoms with van der Waals surface area (Å²) >= 11 is 0. The molecular weight excluding hydrogens is 506 g/mol. The molecule has 2 fully saturated rings. The number of nitrogens with zero attached hydrogens (tertiary/aromatic N) is 5. The van der Waals surface area contributed by atoms with Gasteiger partial charge in [0.2, 0.25) is 0 Å². The Morgan fingerprint density at radius 1 is 1.24 bits per heavy atom. The lowest BCUT2D eigenvalue weighted by molar-refractivity contribution is 0.0487. The van der Waals surface area contributed by atoms with Crippen LogP contribution in [0.3, 0.4) is 0 Å². The van der Waals surface area contributed by atoms with Crippen LogP contribution in [0.1, 0.15) is 65.2 Å². The molecule has 3 aliphatic rings. The summed E-state index contributed by atoms with van der Waals surface area (Å²) in [5.41, 5.74) is 9.04. The number of aromatic nitrogens is 2. The van der Waals surface area contributed by atoms with Gasteiger partial charge >= 0.3 is 0 Å². The SMILES string of the molecule is Cc1nn(-c2ccc(C(N)=O)c(N[C@@H]3CCN(S(=O)(=O)N(C)C)C3)c2)c2c1C(=O)N(CC1CC1)C(C)(C)C2. The predicted octanol–water partition coefficient (Wildman–Crippen LogP) is 1.76. The van der Waals surface area contributed by atoms with Gasteiger partial charge in [-0.3, -0.25) is 9.59 Å². The van der Waals surface area contributed by atoms with Crippen LogP contribution >= 0.6 is 0 Å². The van der Waals surface area contributed by atoms with Crippen LogP contribution in [0.4, 0.5) is 5.69 Å². The van der Waals surface area contributed by atoms with Gasteiger partial charge in [-0.25, -0.2) is 4.68 Å². The van der Waals surface area contributed by atoms with Crippen molar-refractivity contribution < 1.29 is 18.0 Å². The van der Waals surface area contributed by atoms with E-state index in [1.165, 1.54) is 35.5 Å². The number of anilines is 1. The van der Waals surface area contributed by atoms with Crippen LogP contribution in [-0.4, -0.2) is 88.8 Å². The molecule has 0 bridgehead atoms. The van der Waals surface area contributed by atoms with E-state index in [0.717, 1.165) is 12.2 Å². The molecule has 11 nitrogen and oxygen atoms in total. The Hall–Kier alpha value is -2.96. The lowest BCUT2D eigenvalue weighted by Crippen LogP contribution is -2.53. The van der Waals surface area contributed by atoms with Crippen molar-refractivity contribution >= 4 is 27.7 Å². The van der Waals surface area contributed by atoms with Crippen LogP contribution in [0, 0.1) is 12.8 Å². The van der Waals surface area contributed by atoms with E-state index in [1.807, 2.05) is 17.9 Å². The molecule has 1 atom stereocenters. The maximum Gasteiger partial charge on any atom is 0.281 e. The number of carbonyl (C=O) groups is 2. The first-order chi connectivity index (χ1) is 17.8. The zero-order valence-corrected chi connectivity index (χ0v) is 23.5. The summed E-state index contributed by atoms with van der Waals surface area (Å²) in [6.45, 7) is 7.48. The number of hydrogen-bond acceptors (Lipinski definition) is 6. The van der Waals surface area contributed by atoms with Crippen molar-refractivity contribution in [3.63, 3.8) is 0 Å². The van der Waals surface area contributed by atoms with E-state index in [0.29, 0.717) is 53.5 Å². The zero-order valence-electron chi connectivity index (χ0n) is 22.7. The lowest BCUT2D eigenvalue weighted by Gasteiger charge is -2.42. The molecule has 2 aromatic rings. The van der Waals surface area contributed by atoms with Crippen molar-refractivity contribution in [3.8, 4) is 5.69 Å². The fourth-order valence-corrected chi connectivity index (χ4v) is 6.70. The Balaban J connectivity index is 1.47. The molecule has 3 heterocycles. The van der Waals surface area contributed by atoms with E-state index in [-0.39, 0.29) is 24.0 Å². The summed E-state index contributed by atoms with van der Waals surface area (Å²) in [5.74, 6) is 0.0250. The summed E-state index contributed by atoms with van der Waals surface area (Å²) in [7, 11) is -0.509. The number of fused-ring (bicyclic) bond motifs is 1. The van der Waals surface area contributed by atoms with Gasteiger partial charge in [0.05, 0.1) is 28.2 Å². The molecule has 1 saturated heterocycles. The van der Waals surface area contributed by atoms with Gasteiger partial charge in [0.1, 0.15) is 0 Å². The standard InChI is InChI=1S/C26H37N7O4S/c1-16-23-22(13-26(2,3)32(25(23)35)14-17-6-7-17)33(29-16)19-8-9-20(24(27)34)21(12-19)28-18-10-11-31(15-18)38(36,37)30(4)5/h8-9,12,17-18,28H,6-7,10-11,13-15H2,1-5H3,(H2,27,34)/t18-/m1/s1. The first-order valence-corrected chi connectivity index (χ1v) is 14.5.